The molecular weight excluding hydrogens is 1460 g/mol. The van der Waals surface area contributed by atoms with Crippen LogP contribution in [0.4, 0.5) is 51.2 Å². The molecule has 17 aromatic carbocycles. The molecule has 0 unspecified atom stereocenters. The van der Waals surface area contributed by atoms with Crippen LogP contribution in [0, 0.1) is 0 Å². The van der Waals surface area contributed by atoms with E-state index in [0.717, 1.165) is 146 Å². The summed E-state index contributed by atoms with van der Waals surface area (Å²) in [7, 11) is 0. The van der Waals surface area contributed by atoms with Crippen LogP contribution in [0.1, 0.15) is 79.0 Å². The molecule has 2 aliphatic heterocycles. The molecule has 0 bridgehead atoms. The van der Waals surface area contributed by atoms with Gasteiger partial charge < -0.3 is 28.4 Å². The maximum absolute atomic E-state index is 2.74. The lowest BCUT2D eigenvalue weighted by Crippen LogP contribution is -2.61. The summed E-state index contributed by atoms with van der Waals surface area (Å²) in [5.41, 5.74) is 35.8. The standard InChI is InChI=1S/C114H91BN6/c1-112(2,3)80-52-59-103-95(65-80)96-66-81(113(4,5)6)53-60-104(96)119(103)89-72-108-110-109(73-89)121(111-93(76-38-20-12-21-39-76)67-82(114(7,8)9)68-94(111)77-40-22-13-23-41-77)107-71-87(117-100-49-31-28-46-90(100)91-47-29-32-50-101(91)117)55-58-99(107)115(110)98-57-54-86(70-106(98)120(108)88-63-78(74-34-16-10-17-35-74)62-79(64-88)75-36-18-11-19-37-75)118-102-51-33-30-48-92(102)97-69-85(56-61-105(97)118)116(83-42-24-14-25-43-83)84-44-26-15-27-45-84/h10-73H,1-9H3. The lowest BCUT2D eigenvalue weighted by atomic mass is 9.33. The Morgan fingerprint density at radius 2 is 0.570 bits per heavy atom. The second kappa shape index (κ2) is 28.2. The highest BCUT2D eigenvalue weighted by Crippen LogP contribution is 2.55. The number of anilines is 9. The van der Waals surface area contributed by atoms with Crippen LogP contribution >= 0.6 is 0 Å². The number of benzene rings is 17. The molecule has 0 saturated heterocycles. The third-order valence-electron chi connectivity index (χ3n) is 25.6. The predicted octanol–water partition coefficient (Wildman–Crippen LogP) is 29.1. The molecule has 0 fully saturated rings. The minimum absolute atomic E-state index is 0.121. The Kier molecular flexibility index (Phi) is 17.0. The highest BCUT2D eigenvalue weighted by atomic mass is 15.2. The molecule has 6 nitrogen and oxygen atoms in total. The third-order valence-corrected chi connectivity index (χ3v) is 25.6. The molecule has 20 aromatic rings. The van der Waals surface area contributed by atoms with Crippen LogP contribution in [0.2, 0.25) is 0 Å². The topological polar surface area (TPSA) is 24.5 Å². The van der Waals surface area contributed by atoms with Crippen molar-refractivity contribution in [3.63, 3.8) is 0 Å². The van der Waals surface area contributed by atoms with Crippen molar-refractivity contribution in [3.05, 3.63) is 405 Å². The van der Waals surface area contributed by atoms with Crippen molar-refractivity contribution in [2.75, 3.05) is 14.7 Å². The van der Waals surface area contributed by atoms with E-state index in [1.54, 1.807) is 0 Å². The first-order chi connectivity index (χ1) is 58.9. The minimum atomic E-state index is -0.317. The van der Waals surface area contributed by atoms with Gasteiger partial charge >= 0.3 is 0 Å². The smallest absolute Gasteiger partial charge is 0.252 e. The van der Waals surface area contributed by atoms with Gasteiger partial charge in [0.05, 0.1) is 44.5 Å². The average molecular weight is 1560 g/mol. The molecule has 0 spiro atoms. The Balaban J connectivity index is 0.911. The molecule has 0 aliphatic carbocycles. The van der Waals surface area contributed by atoms with Crippen LogP contribution in [0.15, 0.2) is 388 Å². The SMILES string of the molecule is CC(C)(C)c1cc(-c2ccccc2)c(N2c3cc(-n4c5ccccc5c5ccccc54)ccc3B3c4ccc(-n5c6ccccc6c6cc(N(c7ccccc7)c7ccccc7)ccc65)cc4N(c4cc(-c5ccccc5)cc(-c5ccccc5)c4)c4cc(-n5c6ccc(C(C)(C)C)cc6c6cc(C(C)(C)C)ccc65)cc2c43)c(-c2ccccc2)c1. The first kappa shape index (κ1) is 73.0. The number of hydrogen-bond donors (Lipinski definition) is 0. The molecule has 22 rings (SSSR count). The first-order valence-electron chi connectivity index (χ1n) is 42.6. The Labute approximate surface area is 708 Å². The fraction of sp³-hybridized carbons (Fsp3) is 0.105. The van der Waals surface area contributed by atoms with Crippen molar-refractivity contribution < 1.29 is 0 Å². The van der Waals surface area contributed by atoms with Crippen molar-refractivity contribution in [1.82, 2.24) is 13.7 Å². The zero-order valence-electron chi connectivity index (χ0n) is 69.7. The van der Waals surface area contributed by atoms with Gasteiger partial charge in [-0.25, -0.2) is 0 Å². The van der Waals surface area contributed by atoms with E-state index in [9.17, 15) is 0 Å². The van der Waals surface area contributed by atoms with Gasteiger partial charge in [-0.05, 0) is 234 Å². The Morgan fingerprint density at radius 1 is 0.223 bits per heavy atom. The van der Waals surface area contributed by atoms with Gasteiger partial charge in [-0.1, -0.05) is 299 Å². The molecule has 7 heteroatoms. The summed E-state index contributed by atoms with van der Waals surface area (Å²) in [5, 5.41) is 7.23. The van der Waals surface area contributed by atoms with E-state index in [2.05, 4.69) is 479 Å². The third kappa shape index (κ3) is 12.1. The molecule has 121 heavy (non-hydrogen) atoms. The van der Waals surface area contributed by atoms with E-state index in [0.29, 0.717) is 0 Å². The highest BCUT2D eigenvalue weighted by Gasteiger charge is 2.46. The van der Waals surface area contributed by atoms with E-state index < -0.39 is 0 Å². The van der Waals surface area contributed by atoms with Gasteiger partial charge in [0.25, 0.3) is 6.71 Å². The maximum Gasteiger partial charge on any atom is 0.252 e. The van der Waals surface area contributed by atoms with Crippen molar-refractivity contribution in [2.24, 2.45) is 0 Å². The average Bonchev–Trinajstić information content (AvgIpc) is 1.35. The van der Waals surface area contributed by atoms with Crippen molar-refractivity contribution in [3.8, 4) is 61.6 Å². The summed E-state index contributed by atoms with van der Waals surface area (Å²) >= 11 is 0. The molecule has 5 heterocycles. The van der Waals surface area contributed by atoms with Crippen molar-refractivity contribution >= 4 is 140 Å². The number of rotatable bonds is 12. The zero-order chi connectivity index (χ0) is 81.7. The van der Waals surface area contributed by atoms with Crippen molar-refractivity contribution in [2.45, 2.75) is 78.6 Å². The van der Waals surface area contributed by atoms with Gasteiger partial charge in [-0.2, -0.15) is 0 Å². The summed E-state index contributed by atoms with van der Waals surface area (Å²) in [5.74, 6) is 0. The van der Waals surface area contributed by atoms with E-state index in [1.807, 2.05) is 0 Å². The molecule has 0 radical (unpaired) electrons. The van der Waals surface area contributed by atoms with Crippen molar-refractivity contribution in [1.29, 1.82) is 0 Å². The number of aromatic nitrogens is 3. The molecule has 0 saturated carbocycles. The Bertz CT molecular complexity index is 7220. The first-order valence-corrected chi connectivity index (χ1v) is 42.6. The lowest BCUT2D eigenvalue weighted by Gasteiger charge is -2.45. The van der Waals surface area contributed by atoms with Gasteiger partial charge in [0.2, 0.25) is 0 Å². The quantitative estimate of drug-likeness (QED) is 0.114. The van der Waals surface area contributed by atoms with Crippen LogP contribution in [0.5, 0.6) is 0 Å². The van der Waals surface area contributed by atoms with Gasteiger partial charge in [-0.3, -0.25) is 0 Å². The Hall–Kier alpha value is -14.4. The largest absolute Gasteiger partial charge is 0.311 e. The molecule has 3 aromatic heterocycles. The summed E-state index contributed by atoms with van der Waals surface area (Å²) in [6.45, 7) is 20.8. The van der Waals surface area contributed by atoms with Gasteiger partial charge in [0, 0.05) is 100 Å². The molecular formula is C114H91BN6. The molecule has 0 N–H and O–H groups in total. The zero-order valence-corrected chi connectivity index (χ0v) is 69.7. The van der Waals surface area contributed by atoms with Gasteiger partial charge in [-0.15, -0.1) is 0 Å². The van der Waals surface area contributed by atoms with E-state index in [1.165, 1.54) is 65.4 Å². The van der Waals surface area contributed by atoms with E-state index >= 15 is 0 Å². The highest BCUT2D eigenvalue weighted by molar-refractivity contribution is 7.00. The summed E-state index contributed by atoms with van der Waals surface area (Å²) < 4.78 is 7.65. The van der Waals surface area contributed by atoms with Gasteiger partial charge in [0.15, 0.2) is 0 Å². The monoisotopic (exact) mass is 1550 g/mol. The summed E-state index contributed by atoms with van der Waals surface area (Å²) in [4.78, 5) is 7.79. The normalized spacial score (nSPS) is 12.8. The lowest BCUT2D eigenvalue weighted by molar-refractivity contribution is 0.590. The number of para-hydroxylation sites is 5. The minimum Gasteiger partial charge on any atom is -0.311 e. The van der Waals surface area contributed by atoms with Crippen LogP contribution in [0.3, 0.4) is 0 Å². The van der Waals surface area contributed by atoms with Gasteiger partial charge in [0.1, 0.15) is 0 Å². The molecule has 0 amide bonds. The number of nitrogens with zero attached hydrogens (tertiary/aromatic N) is 6. The summed E-state index contributed by atoms with van der Waals surface area (Å²) in [6.07, 6.45) is 0. The predicted molar refractivity (Wildman–Crippen MR) is 516 cm³/mol. The fourth-order valence-corrected chi connectivity index (χ4v) is 19.6. The summed E-state index contributed by atoms with van der Waals surface area (Å²) in [6, 6.07) is 147. The fourth-order valence-electron chi connectivity index (χ4n) is 19.6. The number of fused-ring (bicyclic) bond motifs is 13. The van der Waals surface area contributed by atoms with Crippen LogP contribution in [-0.2, 0) is 16.2 Å². The Morgan fingerprint density at radius 3 is 1.01 bits per heavy atom. The molecule has 580 valence electrons. The maximum atomic E-state index is 2.74. The second-order valence-electron chi connectivity index (χ2n) is 36.1. The molecule has 0 atom stereocenters. The molecule has 2 aliphatic rings. The van der Waals surface area contributed by atoms with Crippen LogP contribution < -0.4 is 31.1 Å². The van der Waals surface area contributed by atoms with E-state index in [4.69, 9.17) is 0 Å². The second-order valence-corrected chi connectivity index (χ2v) is 36.1. The van der Waals surface area contributed by atoms with Crippen LogP contribution in [0.25, 0.3) is 127 Å². The van der Waals surface area contributed by atoms with Crippen LogP contribution in [-0.4, -0.2) is 20.4 Å². The number of hydrogen-bond acceptors (Lipinski definition) is 3. The van der Waals surface area contributed by atoms with E-state index in [-0.39, 0.29) is 23.0 Å².